The Morgan fingerprint density at radius 2 is 1.81 bits per heavy atom. The average molecular weight is 222 g/mol. The van der Waals surface area contributed by atoms with Crippen LogP contribution < -0.4 is 15.4 Å². The Labute approximate surface area is 93.8 Å². The second-order valence-corrected chi connectivity index (χ2v) is 3.04. The molecule has 0 radical (unpaired) electrons. The van der Waals surface area contributed by atoms with Crippen LogP contribution in [0, 0.1) is 0 Å². The summed E-state index contributed by atoms with van der Waals surface area (Å²) in [5, 5.41) is 4.88. The summed E-state index contributed by atoms with van der Waals surface area (Å²) in [6.45, 7) is 2.17. The van der Waals surface area contributed by atoms with Gasteiger partial charge in [-0.15, -0.1) is 0 Å². The molecule has 0 aliphatic heterocycles. The minimum atomic E-state index is -0.674. The van der Waals surface area contributed by atoms with Crippen molar-refractivity contribution < 1.29 is 14.3 Å². The molecular formula is C11H14N2O3. The van der Waals surface area contributed by atoms with Gasteiger partial charge in [-0.25, -0.2) is 0 Å². The Hall–Kier alpha value is -2.04. The lowest BCUT2D eigenvalue weighted by atomic mass is 10.3. The van der Waals surface area contributed by atoms with Crippen molar-refractivity contribution in [3.63, 3.8) is 0 Å². The minimum absolute atomic E-state index is 0.425. The van der Waals surface area contributed by atoms with Crippen molar-refractivity contribution in [3.05, 3.63) is 24.3 Å². The third-order valence-electron chi connectivity index (χ3n) is 1.89. The zero-order valence-electron chi connectivity index (χ0n) is 9.24. The molecule has 5 nitrogen and oxygen atoms in total. The molecule has 0 aliphatic rings. The molecular weight excluding hydrogens is 208 g/mol. The van der Waals surface area contributed by atoms with E-state index in [9.17, 15) is 9.59 Å². The first-order valence-electron chi connectivity index (χ1n) is 4.90. The summed E-state index contributed by atoms with van der Waals surface area (Å²) < 4.78 is 4.97. The largest absolute Gasteiger partial charge is 0.497 e. The van der Waals surface area contributed by atoms with Crippen molar-refractivity contribution in [2.75, 3.05) is 19.0 Å². The number of nitrogens with one attached hydrogen (secondary N) is 2. The third-order valence-corrected chi connectivity index (χ3v) is 1.89. The Bertz CT molecular complexity index is 373. The predicted octanol–water partition coefficient (Wildman–Crippen LogP) is 0.770. The molecule has 0 spiro atoms. The molecule has 0 aliphatic carbocycles. The molecule has 0 fully saturated rings. The molecule has 2 amide bonds. The van der Waals surface area contributed by atoms with Gasteiger partial charge in [0.1, 0.15) is 5.75 Å². The molecule has 0 heterocycles. The van der Waals surface area contributed by atoms with Crippen LogP contribution in [0.3, 0.4) is 0 Å². The van der Waals surface area contributed by atoms with Crippen molar-refractivity contribution in [1.82, 2.24) is 5.32 Å². The maximum Gasteiger partial charge on any atom is 0.313 e. The third kappa shape index (κ3) is 3.27. The summed E-state index contributed by atoms with van der Waals surface area (Å²) in [5.74, 6) is -0.624. The Balaban J connectivity index is 2.59. The number of carbonyl (C=O) groups excluding carboxylic acids is 2. The number of methoxy groups -OCH3 is 1. The molecule has 1 aromatic rings. The smallest absolute Gasteiger partial charge is 0.313 e. The number of hydrogen-bond acceptors (Lipinski definition) is 3. The van der Waals surface area contributed by atoms with E-state index in [1.54, 1.807) is 38.3 Å². The van der Waals surface area contributed by atoms with Crippen LogP contribution in [-0.2, 0) is 9.59 Å². The summed E-state index contributed by atoms with van der Waals surface area (Å²) in [6.07, 6.45) is 0. The van der Waals surface area contributed by atoms with Gasteiger partial charge in [0.25, 0.3) is 0 Å². The van der Waals surface area contributed by atoms with Crippen molar-refractivity contribution in [1.29, 1.82) is 0 Å². The zero-order valence-corrected chi connectivity index (χ0v) is 9.24. The normalized spacial score (nSPS) is 9.38. The maximum absolute atomic E-state index is 11.3. The molecule has 0 saturated heterocycles. The maximum atomic E-state index is 11.3. The van der Waals surface area contributed by atoms with E-state index in [1.165, 1.54) is 0 Å². The molecule has 0 bridgehead atoms. The van der Waals surface area contributed by atoms with Crippen LogP contribution in [0.1, 0.15) is 6.92 Å². The predicted molar refractivity (Wildman–Crippen MR) is 60.3 cm³/mol. The number of amides is 2. The van der Waals surface area contributed by atoms with Crippen LogP contribution in [0.2, 0.25) is 0 Å². The van der Waals surface area contributed by atoms with Crippen molar-refractivity contribution >= 4 is 17.5 Å². The van der Waals surface area contributed by atoms with Gasteiger partial charge in [0.05, 0.1) is 7.11 Å². The van der Waals surface area contributed by atoms with Gasteiger partial charge in [0.2, 0.25) is 0 Å². The topological polar surface area (TPSA) is 67.4 Å². The summed E-state index contributed by atoms with van der Waals surface area (Å²) in [4.78, 5) is 22.4. The van der Waals surface area contributed by atoms with Crippen LogP contribution in [0.15, 0.2) is 24.3 Å². The Morgan fingerprint density at radius 1 is 1.19 bits per heavy atom. The highest BCUT2D eigenvalue weighted by Crippen LogP contribution is 2.14. The van der Waals surface area contributed by atoms with Gasteiger partial charge in [-0.2, -0.15) is 0 Å². The first-order valence-corrected chi connectivity index (χ1v) is 4.90. The van der Waals surface area contributed by atoms with Gasteiger partial charge in [0, 0.05) is 12.2 Å². The zero-order chi connectivity index (χ0) is 12.0. The van der Waals surface area contributed by atoms with Crippen molar-refractivity contribution in [2.45, 2.75) is 6.92 Å². The quantitative estimate of drug-likeness (QED) is 0.742. The highest BCUT2D eigenvalue weighted by Gasteiger charge is 2.11. The van der Waals surface area contributed by atoms with E-state index < -0.39 is 11.8 Å². The van der Waals surface area contributed by atoms with Crippen LogP contribution in [0.4, 0.5) is 5.69 Å². The van der Waals surface area contributed by atoms with E-state index in [0.717, 1.165) is 0 Å². The SMILES string of the molecule is CCNC(=O)C(=O)Nc1ccc(OC)cc1. The molecule has 0 unspecified atom stereocenters. The summed E-state index contributed by atoms with van der Waals surface area (Å²) in [6, 6.07) is 6.73. The van der Waals surface area contributed by atoms with Crippen LogP contribution in [0.25, 0.3) is 0 Å². The van der Waals surface area contributed by atoms with Gasteiger partial charge in [-0.1, -0.05) is 0 Å². The van der Waals surface area contributed by atoms with E-state index in [1.807, 2.05) is 0 Å². The molecule has 0 atom stereocenters. The number of anilines is 1. The number of rotatable bonds is 3. The van der Waals surface area contributed by atoms with Crippen molar-refractivity contribution in [2.24, 2.45) is 0 Å². The summed E-state index contributed by atoms with van der Waals surface area (Å²) in [7, 11) is 1.56. The van der Waals surface area contributed by atoms with Gasteiger partial charge < -0.3 is 15.4 Å². The molecule has 5 heteroatoms. The lowest BCUT2D eigenvalue weighted by Gasteiger charge is -2.05. The second-order valence-electron chi connectivity index (χ2n) is 3.04. The van der Waals surface area contributed by atoms with Crippen molar-refractivity contribution in [3.8, 4) is 5.75 Å². The molecule has 1 rings (SSSR count). The standard InChI is InChI=1S/C11H14N2O3/c1-3-12-10(14)11(15)13-8-4-6-9(16-2)7-5-8/h4-7H,3H2,1-2H3,(H,12,14)(H,13,15). The first-order chi connectivity index (χ1) is 7.67. The lowest BCUT2D eigenvalue weighted by molar-refractivity contribution is -0.136. The molecule has 1 aromatic carbocycles. The van der Waals surface area contributed by atoms with Gasteiger partial charge in [0.15, 0.2) is 0 Å². The van der Waals surface area contributed by atoms with E-state index in [2.05, 4.69) is 10.6 Å². The van der Waals surface area contributed by atoms with E-state index in [-0.39, 0.29) is 0 Å². The second kappa shape index (κ2) is 5.75. The van der Waals surface area contributed by atoms with Gasteiger partial charge in [-0.3, -0.25) is 9.59 Å². The van der Waals surface area contributed by atoms with Gasteiger partial charge in [-0.05, 0) is 31.2 Å². The first kappa shape index (κ1) is 12.0. The number of likely N-dealkylation sites (N-methyl/N-ethyl adjacent to an activating group) is 1. The van der Waals surface area contributed by atoms with Gasteiger partial charge >= 0.3 is 11.8 Å². The van der Waals surface area contributed by atoms with E-state index >= 15 is 0 Å². The number of carbonyl (C=O) groups is 2. The lowest BCUT2D eigenvalue weighted by Crippen LogP contribution is -2.35. The minimum Gasteiger partial charge on any atom is -0.497 e. The van der Waals surface area contributed by atoms with E-state index in [0.29, 0.717) is 18.0 Å². The Morgan fingerprint density at radius 3 is 2.31 bits per heavy atom. The number of benzene rings is 1. The molecule has 0 aromatic heterocycles. The fourth-order valence-corrected chi connectivity index (χ4v) is 1.10. The fourth-order valence-electron chi connectivity index (χ4n) is 1.10. The van der Waals surface area contributed by atoms with E-state index in [4.69, 9.17) is 4.74 Å². The van der Waals surface area contributed by atoms with Crippen LogP contribution >= 0.6 is 0 Å². The average Bonchev–Trinajstić information content (AvgIpc) is 2.30. The highest BCUT2D eigenvalue weighted by atomic mass is 16.5. The summed E-state index contributed by atoms with van der Waals surface area (Å²) >= 11 is 0. The number of ether oxygens (including phenoxy) is 1. The molecule has 2 N–H and O–H groups in total. The Kier molecular flexibility index (Phi) is 4.32. The highest BCUT2D eigenvalue weighted by molar-refractivity contribution is 6.39. The molecule has 86 valence electrons. The molecule has 0 saturated carbocycles. The monoisotopic (exact) mass is 222 g/mol. The number of hydrogen-bond donors (Lipinski definition) is 2. The van der Waals surface area contributed by atoms with Crippen LogP contribution in [0.5, 0.6) is 5.75 Å². The molecule has 16 heavy (non-hydrogen) atoms. The summed E-state index contributed by atoms with van der Waals surface area (Å²) in [5.41, 5.74) is 0.553. The van der Waals surface area contributed by atoms with Crippen LogP contribution in [-0.4, -0.2) is 25.5 Å². The fraction of sp³-hybridized carbons (Fsp3) is 0.273.